The second-order valence-corrected chi connectivity index (χ2v) is 4.19. The summed E-state index contributed by atoms with van der Waals surface area (Å²) in [5, 5.41) is 0. The lowest BCUT2D eigenvalue weighted by atomic mass is 10.1. The number of benzene rings is 1. The number of nitrogen functional groups attached to an aromatic ring is 1. The van der Waals surface area contributed by atoms with E-state index in [4.69, 9.17) is 5.73 Å². The van der Waals surface area contributed by atoms with Crippen molar-refractivity contribution >= 4 is 5.69 Å². The van der Waals surface area contributed by atoms with E-state index in [1.807, 2.05) is 0 Å². The molecule has 1 aromatic rings. The Morgan fingerprint density at radius 1 is 1.29 bits per heavy atom. The van der Waals surface area contributed by atoms with Crippen LogP contribution in [0, 0.1) is 0 Å². The van der Waals surface area contributed by atoms with Gasteiger partial charge < -0.3 is 5.73 Å². The van der Waals surface area contributed by atoms with Crippen LogP contribution < -0.4 is 5.73 Å². The van der Waals surface area contributed by atoms with Gasteiger partial charge in [-0.3, -0.25) is 4.90 Å². The summed E-state index contributed by atoms with van der Waals surface area (Å²) in [5.41, 5.74) is 7.80. The van der Waals surface area contributed by atoms with Crippen molar-refractivity contribution < 1.29 is 17.6 Å². The summed E-state index contributed by atoms with van der Waals surface area (Å²) in [4.78, 5) is 1.28. The van der Waals surface area contributed by atoms with Gasteiger partial charge >= 0.3 is 12.3 Å². The average molecular weight is 248 g/mol. The number of halogens is 4. The van der Waals surface area contributed by atoms with Gasteiger partial charge in [-0.2, -0.15) is 8.78 Å². The van der Waals surface area contributed by atoms with Gasteiger partial charge in [-0.05, 0) is 17.2 Å². The first kappa shape index (κ1) is 12.2. The molecule has 0 spiro atoms. The van der Waals surface area contributed by atoms with Crippen LogP contribution in [0.3, 0.4) is 0 Å². The zero-order valence-electron chi connectivity index (χ0n) is 8.97. The van der Waals surface area contributed by atoms with E-state index in [2.05, 4.69) is 0 Å². The second kappa shape index (κ2) is 4.18. The number of nitrogens with two attached hydrogens (primary N) is 1. The standard InChI is InChI=1S/C11H12F4N2/c12-10(13)11(14,15)6-17-4-7-2-1-3-9(16)8(7)5-17/h1-3,10H,4-6,16H2. The Morgan fingerprint density at radius 3 is 2.59 bits per heavy atom. The van der Waals surface area contributed by atoms with E-state index in [1.54, 1.807) is 18.2 Å². The maximum Gasteiger partial charge on any atom is 0.319 e. The van der Waals surface area contributed by atoms with Gasteiger partial charge in [0.25, 0.3) is 0 Å². The van der Waals surface area contributed by atoms with Gasteiger partial charge in [-0.25, -0.2) is 8.78 Å². The molecule has 0 saturated heterocycles. The van der Waals surface area contributed by atoms with Gasteiger partial charge in [-0.1, -0.05) is 12.1 Å². The first-order valence-corrected chi connectivity index (χ1v) is 5.15. The third-order valence-corrected chi connectivity index (χ3v) is 2.84. The van der Waals surface area contributed by atoms with Gasteiger partial charge in [0, 0.05) is 18.8 Å². The van der Waals surface area contributed by atoms with E-state index >= 15 is 0 Å². The molecule has 94 valence electrons. The van der Waals surface area contributed by atoms with Crippen molar-refractivity contribution in [2.24, 2.45) is 0 Å². The highest BCUT2D eigenvalue weighted by Crippen LogP contribution is 2.31. The van der Waals surface area contributed by atoms with Crippen LogP contribution in [-0.4, -0.2) is 23.8 Å². The van der Waals surface area contributed by atoms with Gasteiger partial charge in [0.1, 0.15) is 0 Å². The first-order chi connectivity index (χ1) is 7.90. The number of anilines is 1. The predicted octanol–water partition coefficient (Wildman–Crippen LogP) is 2.48. The van der Waals surface area contributed by atoms with E-state index in [-0.39, 0.29) is 13.1 Å². The third kappa shape index (κ3) is 2.36. The number of rotatable bonds is 3. The van der Waals surface area contributed by atoms with Crippen molar-refractivity contribution in [3.05, 3.63) is 29.3 Å². The van der Waals surface area contributed by atoms with Gasteiger partial charge in [0.15, 0.2) is 0 Å². The molecule has 17 heavy (non-hydrogen) atoms. The largest absolute Gasteiger partial charge is 0.398 e. The summed E-state index contributed by atoms with van der Waals surface area (Å²) in [5.74, 6) is -3.98. The lowest BCUT2D eigenvalue weighted by Crippen LogP contribution is -2.39. The molecule has 0 saturated carbocycles. The van der Waals surface area contributed by atoms with Crippen molar-refractivity contribution in [2.75, 3.05) is 12.3 Å². The molecular formula is C11H12F4N2. The Kier molecular flexibility index (Phi) is 2.99. The van der Waals surface area contributed by atoms with Crippen molar-refractivity contribution in [3.63, 3.8) is 0 Å². The molecular weight excluding hydrogens is 236 g/mol. The topological polar surface area (TPSA) is 29.3 Å². The van der Waals surface area contributed by atoms with Crippen molar-refractivity contribution in [2.45, 2.75) is 25.4 Å². The third-order valence-electron chi connectivity index (χ3n) is 2.84. The van der Waals surface area contributed by atoms with Gasteiger partial charge in [-0.15, -0.1) is 0 Å². The molecule has 0 unspecified atom stereocenters. The van der Waals surface area contributed by atoms with Gasteiger partial charge in [0.2, 0.25) is 0 Å². The molecule has 1 heterocycles. The predicted molar refractivity (Wildman–Crippen MR) is 55.9 cm³/mol. The van der Waals surface area contributed by atoms with Crippen LogP contribution in [0.4, 0.5) is 23.2 Å². The number of nitrogens with zero attached hydrogens (tertiary/aromatic N) is 1. The average Bonchev–Trinajstić information content (AvgIpc) is 2.60. The van der Waals surface area contributed by atoms with E-state index in [1.165, 1.54) is 4.90 Å². The Bertz CT molecular complexity index is 420. The molecule has 2 rings (SSSR count). The van der Waals surface area contributed by atoms with E-state index in [0.29, 0.717) is 5.69 Å². The summed E-state index contributed by atoms with van der Waals surface area (Å²) in [6, 6.07) is 5.17. The normalized spacial score (nSPS) is 16.5. The molecule has 2 N–H and O–H groups in total. The minimum Gasteiger partial charge on any atom is -0.398 e. The highest BCUT2D eigenvalue weighted by Gasteiger charge is 2.43. The molecule has 6 heteroatoms. The fourth-order valence-corrected chi connectivity index (χ4v) is 1.99. The van der Waals surface area contributed by atoms with Crippen LogP contribution in [0.1, 0.15) is 11.1 Å². The summed E-state index contributed by atoms with van der Waals surface area (Å²) < 4.78 is 49.9. The molecule has 1 aromatic carbocycles. The van der Waals surface area contributed by atoms with Crippen molar-refractivity contribution in [1.29, 1.82) is 0 Å². The molecule has 0 bridgehead atoms. The van der Waals surface area contributed by atoms with Crippen LogP contribution in [0.5, 0.6) is 0 Å². The lowest BCUT2D eigenvalue weighted by molar-refractivity contribution is -0.143. The molecule has 0 atom stereocenters. The first-order valence-electron chi connectivity index (χ1n) is 5.15. The molecule has 0 amide bonds. The lowest BCUT2D eigenvalue weighted by Gasteiger charge is -2.22. The monoisotopic (exact) mass is 248 g/mol. The van der Waals surface area contributed by atoms with Gasteiger partial charge in [0.05, 0.1) is 6.54 Å². The molecule has 1 aliphatic rings. The Hall–Kier alpha value is -1.30. The Morgan fingerprint density at radius 2 is 2.00 bits per heavy atom. The quantitative estimate of drug-likeness (QED) is 0.657. The molecule has 0 radical (unpaired) electrons. The zero-order chi connectivity index (χ0) is 12.6. The molecule has 0 aromatic heterocycles. The van der Waals surface area contributed by atoms with E-state index < -0.39 is 18.9 Å². The molecule has 1 aliphatic heterocycles. The second-order valence-electron chi connectivity index (χ2n) is 4.19. The minimum atomic E-state index is -3.98. The molecule has 2 nitrogen and oxygen atoms in total. The molecule has 0 aliphatic carbocycles. The maximum absolute atomic E-state index is 12.9. The van der Waals surface area contributed by atoms with Crippen LogP contribution in [0.2, 0.25) is 0 Å². The maximum atomic E-state index is 12.9. The van der Waals surface area contributed by atoms with E-state index in [0.717, 1.165) is 11.1 Å². The van der Waals surface area contributed by atoms with Crippen LogP contribution in [0.25, 0.3) is 0 Å². The van der Waals surface area contributed by atoms with Crippen LogP contribution in [0.15, 0.2) is 18.2 Å². The SMILES string of the molecule is Nc1cccc2c1CN(CC(F)(F)C(F)F)C2. The van der Waals surface area contributed by atoms with Crippen molar-refractivity contribution in [3.8, 4) is 0 Å². The van der Waals surface area contributed by atoms with E-state index in [9.17, 15) is 17.6 Å². The number of fused-ring (bicyclic) bond motifs is 1. The Balaban J connectivity index is 2.09. The summed E-state index contributed by atoms with van der Waals surface area (Å²) >= 11 is 0. The molecule has 0 fully saturated rings. The smallest absolute Gasteiger partial charge is 0.319 e. The van der Waals surface area contributed by atoms with Crippen molar-refractivity contribution in [1.82, 2.24) is 4.90 Å². The summed E-state index contributed by atoms with van der Waals surface area (Å²) in [6.07, 6.45) is -3.64. The Labute approximate surface area is 96.0 Å². The highest BCUT2D eigenvalue weighted by atomic mass is 19.3. The summed E-state index contributed by atoms with van der Waals surface area (Å²) in [7, 11) is 0. The fraction of sp³-hybridized carbons (Fsp3) is 0.455. The fourth-order valence-electron chi connectivity index (χ4n) is 1.99. The van der Waals surface area contributed by atoms with Crippen LogP contribution >= 0.6 is 0 Å². The highest BCUT2D eigenvalue weighted by molar-refractivity contribution is 5.52. The zero-order valence-corrected chi connectivity index (χ0v) is 8.97. The number of alkyl halides is 4. The minimum absolute atomic E-state index is 0.199. The number of hydrogen-bond acceptors (Lipinski definition) is 2. The number of hydrogen-bond donors (Lipinski definition) is 1. The summed E-state index contributed by atoms with van der Waals surface area (Å²) in [6.45, 7) is -0.508. The van der Waals surface area contributed by atoms with Crippen LogP contribution in [-0.2, 0) is 13.1 Å².